The first kappa shape index (κ1) is 9.84. The van der Waals surface area contributed by atoms with Gasteiger partial charge in [-0.3, -0.25) is 0 Å². The van der Waals surface area contributed by atoms with Gasteiger partial charge in [-0.05, 0) is 32.7 Å². The predicted molar refractivity (Wildman–Crippen MR) is 40.9 cm³/mol. The average molecular weight is 181 g/mol. The van der Waals surface area contributed by atoms with Gasteiger partial charge in [-0.1, -0.05) is 0 Å². The highest BCUT2D eigenvalue weighted by atomic mass is 19.4. The third-order valence-corrected chi connectivity index (χ3v) is 2.32. The van der Waals surface area contributed by atoms with Gasteiger partial charge in [0.1, 0.15) is 0 Å². The lowest BCUT2D eigenvalue weighted by Crippen LogP contribution is -2.29. The van der Waals surface area contributed by atoms with Crippen molar-refractivity contribution in [2.45, 2.75) is 38.4 Å². The molecule has 12 heavy (non-hydrogen) atoms. The van der Waals surface area contributed by atoms with Crippen LogP contribution in [-0.2, 0) is 0 Å². The van der Waals surface area contributed by atoms with Crippen LogP contribution in [0.4, 0.5) is 13.2 Å². The molecule has 0 aromatic carbocycles. The van der Waals surface area contributed by atoms with Gasteiger partial charge in [0.25, 0.3) is 0 Å². The van der Waals surface area contributed by atoms with Crippen molar-refractivity contribution in [2.24, 2.45) is 5.92 Å². The molecule has 1 nitrogen and oxygen atoms in total. The van der Waals surface area contributed by atoms with Gasteiger partial charge in [-0.25, -0.2) is 0 Å². The molecule has 2 atom stereocenters. The smallest absolute Gasteiger partial charge is 0.314 e. The van der Waals surface area contributed by atoms with Crippen molar-refractivity contribution >= 4 is 0 Å². The third kappa shape index (κ3) is 2.66. The van der Waals surface area contributed by atoms with E-state index in [1.807, 2.05) is 6.92 Å². The number of rotatable bonds is 0. The first-order valence-corrected chi connectivity index (χ1v) is 4.30. The number of nitrogens with one attached hydrogen (secondary N) is 1. The average Bonchev–Trinajstić information content (AvgIpc) is 2.11. The van der Waals surface area contributed by atoms with Crippen LogP contribution < -0.4 is 5.32 Å². The Hall–Kier alpha value is -0.250. The van der Waals surface area contributed by atoms with Crippen molar-refractivity contribution in [1.82, 2.24) is 5.32 Å². The highest BCUT2D eigenvalue weighted by Crippen LogP contribution is 2.34. The summed E-state index contributed by atoms with van der Waals surface area (Å²) in [5, 5.41) is 3.05. The second-order valence-electron chi connectivity index (χ2n) is 3.47. The molecule has 1 aliphatic heterocycles. The number of alkyl halides is 3. The topological polar surface area (TPSA) is 12.0 Å². The van der Waals surface area contributed by atoms with E-state index in [4.69, 9.17) is 0 Å². The Labute approximate surface area is 70.3 Å². The Morgan fingerprint density at radius 1 is 1.33 bits per heavy atom. The molecule has 1 N–H and O–H groups in total. The summed E-state index contributed by atoms with van der Waals surface area (Å²) in [5.74, 6) is -1.09. The van der Waals surface area contributed by atoms with Crippen LogP contribution in [0.15, 0.2) is 0 Å². The van der Waals surface area contributed by atoms with E-state index in [0.29, 0.717) is 13.0 Å². The molecule has 72 valence electrons. The molecule has 1 saturated heterocycles. The summed E-state index contributed by atoms with van der Waals surface area (Å²) in [5.41, 5.74) is 0. The summed E-state index contributed by atoms with van der Waals surface area (Å²) < 4.78 is 36.8. The zero-order valence-corrected chi connectivity index (χ0v) is 7.12. The highest BCUT2D eigenvalue weighted by molar-refractivity contribution is 4.77. The Bertz CT molecular complexity index is 144. The summed E-state index contributed by atoms with van der Waals surface area (Å²) in [6.45, 7) is 2.53. The second-order valence-corrected chi connectivity index (χ2v) is 3.47. The number of hydrogen-bond acceptors (Lipinski definition) is 1. The van der Waals surface area contributed by atoms with E-state index in [-0.39, 0.29) is 18.9 Å². The fourth-order valence-electron chi connectivity index (χ4n) is 1.62. The van der Waals surface area contributed by atoms with Gasteiger partial charge in [-0.2, -0.15) is 13.2 Å². The molecule has 1 fully saturated rings. The Balaban J connectivity index is 2.52. The molecule has 1 heterocycles. The molecule has 0 amide bonds. The Morgan fingerprint density at radius 2 is 2.00 bits per heavy atom. The highest BCUT2D eigenvalue weighted by Gasteiger charge is 2.40. The molecule has 2 unspecified atom stereocenters. The van der Waals surface area contributed by atoms with E-state index in [2.05, 4.69) is 5.32 Å². The normalized spacial score (nSPS) is 33.0. The fraction of sp³-hybridized carbons (Fsp3) is 1.00. The summed E-state index contributed by atoms with van der Waals surface area (Å²) >= 11 is 0. The van der Waals surface area contributed by atoms with Crippen molar-refractivity contribution in [1.29, 1.82) is 0 Å². The third-order valence-electron chi connectivity index (χ3n) is 2.32. The zero-order valence-electron chi connectivity index (χ0n) is 7.12. The molecular weight excluding hydrogens is 167 g/mol. The van der Waals surface area contributed by atoms with Crippen LogP contribution >= 0.6 is 0 Å². The van der Waals surface area contributed by atoms with Gasteiger partial charge in [0.05, 0.1) is 5.92 Å². The lowest BCUT2D eigenvalue weighted by atomic mass is 9.97. The lowest BCUT2D eigenvalue weighted by Gasteiger charge is -2.19. The minimum Gasteiger partial charge on any atom is -0.314 e. The van der Waals surface area contributed by atoms with Gasteiger partial charge >= 0.3 is 6.18 Å². The molecule has 0 bridgehead atoms. The van der Waals surface area contributed by atoms with Crippen molar-refractivity contribution in [3.8, 4) is 0 Å². The number of halogens is 3. The van der Waals surface area contributed by atoms with E-state index in [9.17, 15) is 13.2 Å². The molecule has 0 aromatic rings. The van der Waals surface area contributed by atoms with E-state index in [1.165, 1.54) is 0 Å². The van der Waals surface area contributed by atoms with Crippen LogP contribution in [0.25, 0.3) is 0 Å². The molecule has 0 aliphatic carbocycles. The molecule has 0 radical (unpaired) electrons. The molecule has 0 aromatic heterocycles. The second kappa shape index (κ2) is 3.64. The van der Waals surface area contributed by atoms with Crippen LogP contribution in [0.1, 0.15) is 26.2 Å². The molecule has 1 rings (SSSR count). The summed E-state index contributed by atoms with van der Waals surface area (Å²) in [6.07, 6.45) is -2.86. The van der Waals surface area contributed by atoms with Crippen LogP contribution in [0, 0.1) is 5.92 Å². The quantitative estimate of drug-likeness (QED) is 0.604. The first-order chi connectivity index (χ1) is 5.50. The molecule has 0 spiro atoms. The first-order valence-electron chi connectivity index (χ1n) is 4.30. The van der Waals surface area contributed by atoms with Gasteiger partial charge in [0.2, 0.25) is 0 Å². The van der Waals surface area contributed by atoms with Gasteiger partial charge in [-0.15, -0.1) is 0 Å². The van der Waals surface area contributed by atoms with Crippen LogP contribution in [0.5, 0.6) is 0 Å². The van der Waals surface area contributed by atoms with Gasteiger partial charge < -0.3 is 5.32 Å². The molecule has 1 aliphatic rings. The molecule has 4 heteroatoms. The monoisotopic (exact) mass is 181 g/mol. The van der Waals surface area contributed by atoms with Crippen molar-refractivity contribution in [2.75, 3.05) is 6.54 Å². The summed E-state index contributed by atoms with van der Waals surface area (Å²) in [4.78, 5) is 0. The van der Waals surface area contributed by atoms with E-state index in [0.717, 1.165) is 0 Å². The molecular formula is C8H14F3N. The largest absolute Gasteiger partial charge is 0.391 e. The van der Waals surface area contributed by atoms with Crippen LogP contribution in [0.3, 0.4) is 0 Å². The SMILES string of the molecule is CC1CC(C(F)(F)F)CCCN1. The van der Waals surface area contributed by atoms with Crippen molar-refractivity contribution in [3.05, 3.63) is 0 Å². The summed E-state index contributed by atoms with van der Waals surface area (Å²) in [7, 11) is 0. The summed E-state index contributed by atoms with van der Waals surface area (Å²) in [6, 6.07) is -0.000810. The molecule has 0 saturated carbocycles. The minimum absolute atomic E-state index is 0.000810. The van der Waals surface area contributed by atoms with Crippen molar-refractivity contribution < 1.29 is 13.2 Å². The zero-order chi connectivity index (χ0) is 9.19. The number of hydrogen-bond donors (Lipinski definition) is 1. The van der Waals surface area contributed by atoms with Crippen molar-refractivity contribution in [3.63, 3.8) is 0 Å². The van der Waals surface area contributed by atoms with Crippen LogP contribution in [0.2, 0.25) is 0 Å². The lowest BCUT2D eigenvalue weighted by molar-refractivity contribution is -0.178. The maximum absolute atomic E-state index is 12.3. The van der Waals surface area contributed by atoms with Gasteiger partial charge in [0, 0.05) is 6.04 Å². The Morgan fingerprint density at radius 3 is 2.58 bits per heavy atom. The van der Waals surface area contributed by atoms with E-state index >= 15 is 0 Å². The minimum atomic E-state index is -4.00. The van der Waals surface area contributed by atoms with E-state index < -0.39 is 12.1 Å². The Kier molecular flexibility index (Phi) is 2.99. The van der Waals surface area contributed by atoms with Crippen LogP contribution in [-0.4, -0.2) is 18.8 Å². The maximum Gasteiger partial charge on any atom is 0.391 e. The standard InChI is InChI=1S/C8H14F3N/c1-6-5-7(8(9,10)11)3-2-4-12-6/h6-7,12H,2-5H2,1H3. The fourth-order valence-corrected chi connectivity index (χ4v) is 1.62. The van der Waals surface area contributed by atoms with Gasteiger partial charge in [0.15, 0.2) is 0 Å². The predicted octanol–water partition coefficient (Wildman–Crippen LogP) is 2.33. The maximum atomic E-state index is 12.3. The van der Waals surface area contributed by atoms with E-state index in [1.54, 1.807) is 0 Å².